The van der Waals surface area contributed by atoms with Gasteiger partial charge in [-0.05, 0) is 51.1 Å². The number of nitrogens with one attached hydrogen (secondary N) is 1. The minimum absolute atomic E-state index is 0.412. The second-order valence-corrected chi connectivity index (χ2v) is 10.8. The van der Waals surface area contributed by atoms with Crippen LogP contribution in [0, 0.1) is 5.92 Å². The van der Waals surface area contributed by atoms with Gasteiger partial charge in [-0.15, -0.1) is 0 Å². The molecule has 0 bridgehead atoms. The summed E-state index contributed by atoms with van der Waals surface area (Å²) in [4.78, 5) is 9.34. The molecule has 3 aliphatic heterocycles. The monoisotopic (exact) mass is 400 g/mol. The Labute approximate surface area is 164 Å². The molecular weight excluding hydrogens is 364 g/mol. The quantitative estimate of drug-likeness (QED) is 0.547. The first kappa shape index (κ1) is 20.9. The summed E-state index contributed by atoms with van der Waals surface area (Å²) in [5.74, 6) is 1.51. The number of hydrogen-bond donors (Lipinski definition) is 1. The van der Waals surface area contributed by atoms with E-state index < -0.39 is 14.6 Å². The van der Waals surface area contributed by atoms with Crippen LogP contribution in [0.1, 0.15) is 38.5 Å². The van der Waals surface area contributed by atoms with Crippen LogP contribution in [0.4, 0.5) is 0 Å². The zero-order chi connectivity index (χ0) is 19.3. The van der Waals surface area contributed by atoms with E-state index in [2.05, 4.69) is 20.1 Å². The lowest BCUT2D eigenvalue weighted by Gasteiger charge is -2.36. The molecule has 1 N–H and O–H groups in total. The largest absolute Gasteiger partial charge is 0.381 e. The van der Waals surface area contributed by atoms with Gasteiger partial charge in [0, 0.05) is 52.7 Å². The van der Waals surface area contributed by atoms with Crippen LogP contribution in [0.15, 0.2) is 4.99 Å². The number of nitrogens with zero attached hydrogens (tertiary/aromatic N) is 3. The van der Waals surface area contributed by atoms with Crippen molar-refractivity contribution in [2.45, 2.75) is 43.3 Å². The number of likely N-dealkylation sites (tertiary alicyclic amines) is 2. The Balaban J connectivity index is 1.54. The van der Waals surface area contributed by atoms with Crippen LogP contribution in [0.25, 0.3) is 0 Å². The van der Waals surface area contributed by atoms with Gasteiger partial charge in [0.05, 0.1) is 4.75 Å². The summed E-state index contributed by atoms with van der Waals surface area (Å²) >= 11 is 0. The van der Waals surface area contributed by atoms with Gasteiger partial charge in [-0.25, -0.2) is 8.42 Å². The second-order valence-electron chi connectivity index (χ2n) is 8.43. The van der Waals surface area contributed by atoms with Gasteiger partial charge < -0.3 is 19.9 Å². The lowest BCUT2D eigenvalue weighted by molar-refractivity contribution is 0.0754. The van der Waals surface area contributed by atoms with Crippen molar-refractivity contribution in [2.24, 2.45) is 10.9 Å². The van der Waals surface area contributed by atoms with E-state index in [4.69, 9.17) is 4.74 Å². The van der Waals surface area contributed by atoms with Gasteiger partial charge in [0.1, 0.15) is 0 Å². The molecule has 7 nitrogen and oxygen atoms in total. The van der Waals surface area contributed by atoms with Crippen LogP contribution in [0.5, 0.6) is 0 Å². The first-order chi connectivity index (χ1) is 12.9. The van der Waals surface area contributed by atoms with Crippen LogP contribution in [-0.4, -0.2) is 94.7 Å². The summed E-state index contributed by atoms with van der Waals surface area (Å²) in [5, 5.41) is 3.38. The van der Waals surface area contributed by atoms with Crippen LogP contribution in [0.2, 0.25) is 0 Å². The molecule has 1 unspecified atom stereocenters. The van der Waals surface area contributed by atoms with Crippen LogP contribution >= 0.6 is 0 Å². The fourth-order valence-electron chi connectivity index (χ4n) is 4.68. The first-order valence-electron chi connectivity index (χ1n) is 10.4. The van der Waals surface area contributed by atoms with Crippen molar-refractivity contribution in [2.75, 3.05) is 65.8 Å². The molecule has 1 atom stereocenters. The molecule has 8 heteroatoms. The highest BCUT2D eigenvalue weighted by molar-refractivity contribution is 7.92. The number of aliphatic imine (C=N–C) groups is 1. The second kappa shape index (κ2) is 9.09. The van der Waals surface area contributed by atoms with Crippen LogP contribution in [-0.2, 0) is 14.6 Å². The maximum absolute atomic E-state index is 12.4. The highest BCUT2D eigenvalue weighted by atomic mass is 32.2. The molecule has 3 fully saturated rings. The topological polar surface area (TPSA) is 74.2 Å². The van der Waals surface area contributed by atoms with E-state index in [1.165, 1.54) is 51.6 Å². The minimum Gasteiger partial charge on any atom is -0.381 e. The Kier molecular flexibility index (Phi) is 7.03. The Bertz CT molecular complexity index is 610. The molecule has 27 heavy (non-hydrogen) atoms. The third-order valence-corrected chi connectivity index (χ3v) is 8.65. The van der Waals surface area contributed by atoms with Crippen molar-refractivity contribution < 1.29 is 13.2 Å². The normalized spacial score (nSPS) is 27.7. The van der Waals surface area contributed by atoms with Crippen molar-refractivity contribution in [3.05, 3.63) is 0 Å². The van der Waals surface area contributed by atoms with E-state index in [9.17, 15) is 8.42 Å². The molecule has 0 radical (unpaired) electrons. The summed E-state index contributed by atoms with van der Waals surface area (Å²) in [6.45, 7) is 7.08. The Morgan fingerprint density at radius 1 is 1.19 bits per heavy atom. The molecule has 0 aromatic rings. The molecule has 3 heterocycles. The zero-order valence-electron chi connectivity index (χ0n) is 17.0. The maximum Gasteiger partial charge on any atom is 0.193 e. The van der Waals surface area contributed by atoms with Crippen molar-refractivity contribution in [3.63, 3.8) is 0 Å². The lowest BCUT2D eigenvalue weighted by Crippen LogP contribution is -2.54. The molecule has 0 aromatic heterocycles. The van der Waals surface area contributed by atoms with Gasteiger partial charge in [-0.1, -0.05) is 6.42 Å². The Morgan fingerprint density at radius 3 is 2.52 bits per heavy atom. The van der Waals surface area contributed by atoms with Crippen LogP contribution in [0.3, 0.4) is 0 Å². The van der Waals surface area contributed by atoms with Gasteiger partial charge in [0.25, 0.3) is 0 Å². The van der Waals surface area contributed by atoms with E-state index in [0.29, 0.717) is 38.5 Å². The molecule has 3 aliphatic rings. The molecule has 3 saturated heterocycles. The van der Waals surface area contributed by atoms with Crippen LogP contribution < -0.4 is 5.32 Å². The number of guanidine groups is 1. The Hall–Kier alpha value is -0.860. The summed E-state index contributed by atoms with van der Waals surface area (Å²) in [7, 11) is -1.38. The smallest absolute Gasteiger partial charge is 0.193 e. The van der Waals surface area contributed by atoms with Gasteiger partial charge in [0.2, 0.25) is 0 Å². The van der Waals surface area contributed by atoms with E-state index in [0.717, 1.165) is 19.0 Å². The first-order valence-corrected chi connectivity index (χ1v) is 12.3. The molecule has 0 amide bonds. The molecule has 156 valence electrons. The van der Waals surface area contributed by atoms with Crippen molar-refractivity contribution in [3.8, 4) is 0 Å². The zero-order valence-corrected chi connectivity index (χ0v) is 17.8. The highest BCUT2D eigenvalue weighted by Gasteiger charge is 2.42. The third kappa shape index (κ3) is 5.15. The average Bonchev–Trinajstić information content (AvgIpc) is 3.11. The van der Waals surface area contributed by atoms with Crippen molar-refractivity contribution in [1.82, 2.24) is 15.1 Å². The molecule has 0 aromatic carbocycles. The molecule has 3 rings (SSSR count). The lowest BCUT2D eigenvalue weighted by atomic mass is 9.99. The summed E-state index contributed by atoms with van der Waals surface area (Å²) in [6.07, 6.45) is 7.67. The van der Waals surface area contributed by atoms with Gasteiger partial charge in [-0.3, -0.25) is 4.99 Å². The standard InChI is InChI=1S/C19H36N4O3S/c1-20-18(21-16-19(27(2,24)25)7-12-26-13-8-19)23-11-6-17(15-23)14-22-9-4-3-5-10-22/h17H,3-16H2,1-2H3,(H,20,21). The summed E-state index contributed by atoms with van der Waals surface area (Å²) < 4.78 is 29.6. The van der Waals surface area contributed by atoms with Gasteiger partial charge in [-0.2, -0.15) is 0 Å². The van der Waals surface area contributed by atoms with Crippen molar-refractivity contribution in [1.29, 1.82) is 0 Å². The predicted octanol–water partition coefficient (Wildman–Crippen LogP) is 0.963. The summed E-state index contributed by atoms with van der Waals surface area (Å²) in [5.41, 5.74) is 0. The van der Waals surface area contributed by atoms with Crippen molar-refractivity contribution >= 4 is 15.8 Å². The van der Waals surface area contributed by atoms with E-state index in [1.807, 2.05) is 0 Å². The highest BCUT2D eigenvalue weighted by Crippen LogP contribution is 2.29. The Morgan fingerprint density at radius 2 is 1.89 bits per heavy atom. The van der Waals surface area contributed by atoms with Gasteiger partial charge >= 0.3 is 0 Å². The number of piperidine rings is 1. The molecular formula is C19H36N4O3S. The molecule has 0 aliphatic carbocycles. The number of sulfone groups is 1. The number of rotatable bonds is 5. The fraction of sp³-hybridized carbons (Fsp3) is 0.947. The number of hydrogen-bond acceptors (Lipinski definition) is 5. The minimum atomic E-state index is -3.17. The fourth-order valence-corrected chi connectivity index (χ4v) is 5.92. The third-order valence-electron chi connectivity index (χ3n) is 6.52. The molecule has 0 spiro atoms. The van der Waals surface area contributed by atoms with Gasteiger partial charge in [0.15, 0.2) is 15.8 Å². The summed E-state index contributed by atoms with van der Waals surface area (Å²) in [6, 6.07) is 0. The average molecular weight is 401 g/mol. The molecule has 0 saturated carbocycles. The van der Waals surface area contributed by atoms with E-state index >= 15 is 0 Å². The predicted molar refractivity (Wildman–Crippen MR) is 109 cm³/mol. The number of ether oxygens (including phenoxy) is 1. The SMILES string of the molecule is CN=C(NCC1(S(C)(=O)=O)CCOCC1)N1CCC(CN2CCCCC2)C1. The maximum atomic E-state index is 12.4. The van der Waals surface area contributed by atoms with E-state index in [-0.39, 0.29) is 0 Å². The van der Waals surface area contributed by atoms with E-state index in [1.54, 1.807) is 7.05 Å².